The van der Waals surface area contributed by atoms with E-state index in [0.29, 0.717) is 29.7 Å². The lowest BCUT2D eigenvalue weighted by Gasteiger charge is -2.31. The largest absolute Gasteiger partial charge is 0.483 e. The van der Waals surface area contributed by atoms with Crippen molar-refractivity contribution in [3.63, 3.8) is 0 Å². The predicted octanol–water partition coefficient (Wildman–Crippen LogP) is 6.33. The molecule has 33 heavy (non-hydrogen) atoms. The Morgan fingerprint density at radius 1 is 1.06 bits per heavy atom. The molecule has 0 saturated heterocycles. The van der Waals surface area contributed by atoms with Crippen LogP contribution >= 0.6 is 27.5 Å². The molecular formula is C26H34BrClN2O3. The van der Waals surface area contributed by atoms with Crippen molar-refractivity contribution >= 4 is 39.3 Å². The number of halogens is 2. The van der Waals surface area contributed by atoms with Gasteiger partial charge in [0.15, 0.2) is 6.61 Å². The lowest BCUT2D eigenvalue weighted by Crippen LogP contribution is -2.51. The van der Waals surface area contributed by atoms with Gasteiger partial charge < -0.3 is 15.0 Å². The summed E-state index contributed by atoms with van der Waals surface area (Å²) < 4.78 is 6.66. The number of nitrogens with one attached hydrogen (secondary N) is 1. The highest BCUT2D eigenvalue weighted by Crippen LogP contribution is 2.29. The number of hydrogen-bond acceptors (Lipinski definition) is 3. The minimum Gasteiger partial charge on any atom is -0.483 e. The number of amides is 2. The highest BCUT2D eigenvalue weighted by atomic mass is 79.9. The Bertz CT molecular complexity index is 934. The molecule has 0 aromatic heterocycles. The summed E-state index contributed by atoms with van der Waals surface area (Å²) >= 11 is 9.56. The number of carbonyl (C=O) groups is 2. The molecule has 2 amide bonds. The number of nitrogens with zero attached hydrogens (tertiary/aromatic N) is 1. The van der Waals surface area contributed by atoms with Crippen molar-refractivity contribution in [1.29, 1.82) is 0 Å². The van der Waals surface area contributed by atoms with Crippen molar-refractivity contribution in [1.82, 2.24) is 10.2 Å². The molecule has 180 valence electrons. The zero-order chi connectivity index (χ0) is 24.5. The van der Waals surface area contributed by atoms with Crippen LogP contribution in [0.1, 0.15) is 64.5 Å². The first-order valence-electron chi connectivity index (χ1n) is 11.4. The van der Waals surface area contributed by atoms with Gasteiger partial charge in [-0.05, 0) is 77.0 Å². The number of ether oxygens (including phenoxy) is 1. The quantitative estimate of drug-likeness (QED) is 0.364. The fourth-order valence-corrected chi connectivity index (χ4v) is 4.00. The molecule has 2 atom stereocenters. The van der Waals surface area contributed by atoms with Gasteiger partial charge in [-0.3, -0.25) is 9.59 Å². The SMILES string of the molecule is CC[C@@H](C)NC(=O)[C@@H](CC)N(Cc1ccc(Cl)cc1)C(=O)COc1ccc(C(C)C)cc1Br. The van der Waals surface area contributed by atoms with Gasteiger partial charge in [0.25, 0.3) is 5.91 Å². The van der Waals surface area contributed by atoms with Crippen LogP contribution in [0.25, 0.3) is 0 Å². The molecule has 2 aromatic rings. The van der Waals surface area contributed by atoms with Crippen molar-refractivity contribution in [2.75, 3.05) is 6.61 Å². The van der Waals surface area contributed by atoms with E-state index in [9.17, 15) is 9.59 Å². The van der Waals surface area contributed by atoms with Gasteiger partial charge in [-0.1, -0.05) is 57.5 Å². The van der Waals surface area contributed by atoms with Gasteiger partial charge in [0.2, 0.25) is 5.91 Å². The summed E-state index contributed by atoms with van der Waals surface area (Å²) in [4.78, 5) is 27.9. The van der Waals surface area contributed by atoms with Gasteiger partial charge in [0.1, 0.15) is 11.8 Å². The molecule has 0 radical (unpaired) electrons. The molecule has 0 aliphatic rings. The second-order valence-corrected chi connectivity index (χ2v) is 9.81. The first-order chi connectivity index (χ1) is 15.7. The van der Waals surface area contributed by atoms with Gasteiger partial charge in [0, 0.05) is 17.6 Å². The molecule has 0 heterocycles. The molecule has 0 unspecified atom stereocenters. The molecule has 0 aliphatic heterocycles. The van der Waals surface area contributed by atoms with Gasteiger partial charge in [-0.25, -0.2) is 0 Å². The molecule has 0 spiro atoms. The summed E-state index contributed by atoms with van der Waals surface area (Å²) in [5, 5.41) is 3.63. The Balaban J connectivity index is 2.22. The number of benzene rings is 2. The van der Waals surface area contributed by atoms with E-state index in [2.05, 4.69) is 35.1 Å². The van der Waals surface area contributed by atoms with E-state index in [1.54, 1.807) is 17.0 Å². The van der Waals surface area contributed by atoms with E-state index >= 15 is 0 Å². The van der Waals surface area contributed by atoms with E-state index in [4.69, 9.17) is 16.3 Å². The first-order valence-corrected chi connectivity index (χ1v) is 12.6. The van der Waals surface area contributed by atoms with Crippen LogP contribution in [-0.2, 0) is 16.1 Å². The van der Waals surface area contributed by atoms with Crippen LogP contribution in [0.3, 0.4) is 0 Å². The number of hydrogen-bond donors (Lipinski definition) is 1. The third-order valence-corrected chi connectivity index (χ3v) is 6.50. The average molecular weight is 538 g/mol. The maximum Gasteiger partial charge on any atom is 0.261 e. The molecule has 2 rings (SSSR count). The normalized spacial score (nSPS) is 12.8. The topological polar surface area (TPSA) is 58.6 Å². The van der Waals surface area contributed by atoms with Crippen LogP contribution in [0.15, 0.2) is 46.9 Å². The van der Waals surface area contributed by atoms with Crippen LogP contribution in [0.2, 0.25) is 5.02 Å². The molecule has 0 aliphatic carbocycles. The van der Waals surface area contributed by atoms with Crippen molar-refractivity contribution < 1.29 is 14.3 Å². The monoisotopic (exact) mass is 536 g/mol. The molecule has 7 heteroatoms. The fraction of sp³-hybridized carbons (Fsp3) is 0.462. The third kappa shape index (κ3) is 8.04. The smallest absolute Gasteiger partial charge is 0.261 e. The van der Waals surface area contributed by atoms with Gasteiger partial charge >= 0.3 is 0 Å². The van der Waals surface area contributed by atoms with E-state index in [-0.39, 0.29) is 24.5 Å². The fourth-order valence-electron chi connectivity index (χ4n) is 3.36. The Morgan fingerprint density at radius 2 is 1.73 bits per heavy atom. The van der Waals surface area contributed by atoms with Gasteiger partial charge in [-0.2, -0.15) is 0 Å². The van der Waals surface area contributed by atoms with Crippen LogP contribution in [-0.4, -0.2) is 35.4 Å². The summed E-state index contributed by atoms with van der Waals surface area (Å²) in [5.74, 6) is 0.574. The molecule has 0 saturated carbocycles. The van der Waals surface area contributed by atoms with Crippen molar-refractivity contribution in [2.24, 2.45) is 0 Å². The second kappa shape index (κ2) is 13.0. The van der Waals surface area contributed by atoms with Gasteiger partial charge in [-0.15, -0.1) is 0 Å². The van der Waals surface area contributed by atoms with Gasteiger partial charge in [0.05, 0.1) is 4.47 Å². The predicted molar refractivity (Wildman–Crippen MR) is 138 cm³/mol. The highest BCUT2D eigenvalue weighted by molar-refractivity contribution is 9.10. The Labute approximate surface area is 211 Å². The summed E-state index contributed by atoms with van der Waals surface area (Å²) in [7, 11) is 0. The summed E-state index contributed by atoms with van der Waals surface area (Å²) in [6, 6.07) is 12.6. The van der Waals surface area contributed by atoms with Crippen molar-refractivity contribution in [2.45, 2.75) is 72.0 Å². The minimum atomic E-state index is -0.600. The van der Waals surface area contributed by atoms with Crippen LogP contribution in [0.4, 0.5) is 0 Å². The van der Waals surface area contributed by atoms with E-state index in [1.165, 1.54) is 5.56 Å². The number of rotatable bonds is 11. The average Bonchev–Trinajstić information content (AvgIpc) is 2.78. The first kappa shape index (κ1) is 27.2. The molecule has 0 bridgehead atoms. The molecule has 0 fully saturated rings. The highest BCUT2D eigenvalue weighted by Gasteiger charge is 2.29. The van der Waals surface area contributed by atoms with Crippen LogP contribution in [0, 0.1) is 0 Å². The maximum atomic E-state index is 13.3. The van der Waals surface area contributed by atoms with E-state index in [1.807, 2.05) is 51.1 Å². The zero-order valence-corrected chi connectivity index (χ0v) is 22.4. The molecule has 1 N–H and O–H groups in total. The second-order valence-electron chi connectivity index (χ2n) is 8.52. The van der Waals surface area contributed by atoms with Crippen molar-refractivity contribution in [3.8, 4) is 5.75 Å². The molecule has 2 aromatic carbocycles. The Morgan fingerprint density at radius 3 is 2.27 bits per heavy atom. The standard InChI is InChI=1S/C26H34BrClN2O3/c1-6-18(5)29-26(32)23(7-2)30(15-19-8-11-21(28)12-9-19)25(31)16-33-24-13-10-20(17(3)4)14-22(24)27/h8-14,17-18,23H,6-7,15-16H2,1-5H3,(H,29,32)/t18-,23-/m1/s1. The summed E-state index contributed by atoms with van der Waals surface area (Å²) in [6.45, 7) is 10.2. The lowest BCUT2D eigenvalue weighted by atomic mass is 10.0. The Hall–Kier alpha value is -2.05. The van der Waals surface area contributed by atoms with Crippen molar-refractivity contribution in [3.05, 3.63) is 63.1 Å². The summed E-state index contributed by atoms with van der Waals surface area (Å²) in [5.41, 5.74) is 2.07. The van der Waals surface area contributed by atoms with E-state index < -0.39 is 6.04 Å². The van der Waals surface area contributed by atoms with Crippen LogP contribution < -0.4 is 10.1 Å². The van der Waals surface area contributed by atoms with E-state index in [0.717, 1.165) is 16.5 Å². The maximum absolute atomic E-state index is 13.3. The Kier molecular flexibility index (Phi) is 10.7. The zero-order valence-electron chi connectivity index (χ0n) is 20.0. The number of carbonyl (C=O) groups excluding carboxylic acids is 2. The molecular weight excluding hydrogens is 504 g/mol. The summed E-state index contributed by atoms with van der Waals surface area (Å²) in [6.07, 6.45) is 1.31. The molecule has 5 nitrogen and oxygen atoms in total. The minimum absolute atomic E-state index is 0.0331. The lowest BCUT2D eigenvalue weighted by molar-refractivity contribution is -0.143. The van der Waals surface area contributed by atoms with Crippen LogP contribution in [0.5, 0.6) is 5.75 Å². The third-order valence-electron chi connectivity index (χ3n) is 5.63.